The summed E-state index contributed by atoms with van der Waals surface area (Å²) in [4.78, 5) is 0. The molecule has 0 fully saturated rings. The molecule has 102 valence electrons. The molecule has 0 amide bonds. The van der Waals surface area contributed by atoms with E-state index in [0.29, 0.717) is 13.4 Å². The number of halogens is 1. The summed E-state index contributed by atoms with van der Waals surface area (Å²) in [6, 6.07) is 9.43. The smallest absolute Gasteiger partial charge is 0.146 e. The molecule has 0 aliphatic carbocycles. The summed E-state index contributed by atoms with van der Waals surface area (Å²) in [5.41, 5.74) is 1.28. The molecule has 1 aromatic carbocycles. The minimum absolute atomic E-state index is 0.412. The highest BCUT2D eigenvalue weighted by Gasteiger charge is 2.11. The summed E-state index contributed by atoms with van der Waals surface area (Å²) >= 11 is 3.53. The zero-order valence-electron chi connectivity index (χ0n) is 11.5. The number of ether oxygens (including phenoxy) is 2. The summed E-state index contributed by atoms with van der Waals surface area (Å²) < 4.78 is 12.1. The Morgan fingerprint density at radius 2 is 1.72 bits per heavy atom. The van der Waals surface area contributed by atoms with Gasteiger partial charge in [-0.2, -0.15) is 0 Å². The van der Waals surface area contributed by atoms with Gasteiger partial charge in [0.1, 0.15) is 6.79 Å². The van der Waals surface area contributed by atoms with Gasteiger partial charge in [-0.3, -0.25) is 0 Å². The minimum atomic E-state index is -0.973. The molecule has 0 saturated heterocycles. The highest BCUT2D eigenvalue weighted by Crippen LogP contribution is 2.16. The van der Waals surface area contributed by atoms with Crippen LogP contribution in [0.1, 0.15) is 5.56 Å². The Balaban J connectivity index is 2.04. The first-order chi connectivity index (χ1) is 8.49. The number of hydrogen-bond donors (Lipinski definition) is 0. The van der Waals surface area contributed by atoms with E-state index in [1.54, 1.807) is 0 Å². The first-order valence-electron chi connectivity index (χ1n) is 6.38. The molecule has 0 aliphatic rings. The first kappa shape index (κ1) is 15.9. The SMILES string of the molecule is C[Si](C)(C)CCOCOCCc1ccccc1Br. The van der Waals surface area contributed by atoms with Crippen LogP contribution in [0.15, 0.2) is 28.7 Å². The third-order valence-corrected chi connectivity index (χ3v) is 5.11. The van der Waals surface area contributed by atoms with Gasteiger partial charge in [0.2, 0.25) is 0 Å². The molecule has 0 heterocycles. The summed E-state index contributed by atoms with van der Waals surface area (Å²) in [7, 11) is -0.973. The average Bonchev–Trinajstić information content (AvgIpc) is 2.28. The highest BCUT2D eigenvalue weighted by atomic mass is 79.9. The molecule has 4 heteroatoms. The number of hydrogen-bond acceptors (Lipinski definition) is 2. The molecular formula is C14H23BrO2Si. The summed E-state index contributed by atoms with van der Waals surface area (Å²) in [6.07, 6.45) is 0.915. The van der Waals surface area contributed by atoms with Crippen molar-refractivity contribution in [2.24, 2.45) is 0 Å². The number of benzene rings is 1. The molecule has 1 aromatic rings. The maximum Gasteiger partial charge on any atom is 0.146 e. The Morgan fingerprint density at radius 1 is 1.06 bits per heavy atom. The van der Waals surface area contributed by atoms with Crippen LogP contribution < -0.4 is 0 Å². The van der Waals surface area contributed by atoms with Crippen molar-refractivity contribution in [2.45, 2.75) is 32.1 Å². The monoisotopic (exact) mass is 330 g/mol. The maximum atomic E-state index is 5.48. The van der Waals surface area contributed by atoms with Crippen LogP contribution >= 0.6 is 15.9 Å². The fraction of sp³-hybridized carbons (Fsp3) is 0.571. The van der Waals surface area contributed by atoms with Gasteiger partial charge in [-0.25, -0.2) is 0 Å². The third-order valence-electron chi connectivity index (χ3n) is 2.64. The summed E-state index contributed by atoms with van der Waals surface area (Å²) in [6.45, 7) is 8.99. The van der Waals surface area contributed by atoms with E-state index in [9.17, 15) is 0 Å². The Morgan fingerprint density at radius 3 is 2.39 bits per heavy atom. The topological polar surface area (TPSA) is 18.5 Å². The zero-order chi connectivity index (χ0) is 13.4. The quantitative estimate of drug-likeness (QED) is 0.401. The van der Waals surface area contributed by atoms with Crippen molar-refractivity contribution in [2.75, 3.05) is 20.0 Å². The molecule has 2 nitrogen and oxygen atoms in total. The van der Waals surface area contributed by atoms with Gasteiger partial charge in [0, 0.05) is 19.2 Å². The predicted octanol–water partition coefficient (Wildman–Crippen LogP) is 4.32. The molecule has 1 rings (SSSR count). The molecule has 18 heavy (non-hydrogen) atoms. The van der Waals surface area contributed by atoms with Crippen molar-refractivity contribution >= 4 is 24.0 Å². The molecule has 0 unspecified atom stereocenters. The van der Waals surface area contributed by atoms with E-state index in [-0.39, 0.29) is 0 Å². The van der Waals surface area contributed by atoms with Crippen LogP contribution in [0.2, 0.25) is 25.7 Å². The van der Waals surface area contributed by atoms with Gasteiger partial charge in [0.25, 0.3) is 0 Å². The van der Waals surface area contributed by atoms with Crippen LogP contribution in [-0.4, -0.2) is 28.1 Å². The van der Waals surface area contributed by atoms with Crippen molar-refractivity contribution < 1.29 is 9.47 Å². The van der Waals surface area contributed by atoms with Gasteiger partial charge in [-0.15, -0.1) is 0 Å². The van der Waals surface area contributed by atoms with E-state index in [1.165, 1.54) is 11.6 Å². The van der Waals surface area contributed by atoms with E-state index in [1.807, 2.05) is 12.1 Å². The Hall–Kier alpha value is -0.163. The molecule has 0 aromatic heterocycles. The van der Waals surface area contributed by atoms with Gasteiger partial charge in [-0.05, 0) is 24.1 Å². The normalized spacial score (nSPS) is 11.8. The van der Waals surface area contributed by atoms with Crippen molar-refractivity contribution in [3.63, 3.8) is 0 Å². The van der Waals surface area contributed by atoms with Crippen LogP contribution in [-0.2, 0) is 15.9 Å². The molecule has 0 aliphatic heterocycles. The Kier molecular flexibility index (Phi) is 7.15. The lowest BCUT2D eigenvalue weighted by atomic mass is 10.2. The van der Waals surface area contributed by atoms with Crippen molar-refractivity contribution in [3.05, 3.63) is 34.3 Å². The lowest BCUT2D eigenvalue weighted by Gasteiger charge is -2.15. The molecular weight excluding hydrogens is 308 g/mol. The van der Waals surface area contributed by atoms with E-state index < -0.39 is 8.07 Å². The van der Waals surface area contributed by atoms with Gasteiger partial charge in [0.15, 0.2) is 0 Å². The van der Waals surface area contributed by atoms with E-state index >= 15 is 0 Å². The van der Waals surface area contributed by atoms with Crippen LogP contribution in [0.25, 0.3) is 0 Å². The maximum absolute atomic E-state index is 5.48. The Labute approximate surface area is 120 Å². The fourth-order valence-corrected chi connectivity index (χ4v) is 2.68. The van der Waals surface area contributed by atoms with Crippen molar-refractivity contribution in [1.29, 1.82) is 0 Å². The molecule has 0 saturated carbocycles. The van der Waals surface area contributed by atoms with Crippen LogP contribution in [0.3, 0.4) is 0 Å². The van der Waals surface area contributed by atoms with Gasteiger partial charge in [0.05, 0.1) is 6.61 Å². The predicted molar refractivity (Wildman–Crippen MR) is 82.8 cm³/mol. The van der Waals surface area contributed by atoms with E-state index in [2.05, 4.69) is 47.7 Å². The van der Waals surface area contributed by atoms with Crippen molar-refractivity contribution in [1.82, 2.24) is 0 Å². The van der Waals surface area contributed by atoms with Gasteiger partial charge in [-0.1, -0.05) is 53.8 Å². The highest BCUT2D eigenvalue weighted by molar-refractivity contribution is 9.10. The van der Waals surface area contributed by atoms with E-state index in [4.69, 9.17) is 9.47 Å². The molecule has 0 radical (unpaired) electrons. The van der Waals surface area contributed by atoms with Crippen molar-refractivity contribution in [3.8, 4) is 0 Å². The summed E-state index contributed by atoms with van der Waals surface area (Å²) in [5, 5.41) is 0. The van der Waals surface area contributed by atoms with E-state index in [0.717, 1.165) is 17.5 Å². The van der Waals surface area contributed by atoms with Gasteiger partial charge < -0.3 is 9.47 Å². The average molecular weight is 331 g/mol. The zero-order valence-corrected chi connectivity index (χ0v) is 14.1. The molecule has 0 atom stereocenters. The van der Waals surface area contributed by atoms with Gasteiger partial charge >= 0.3 is 0 Å². The van der Waals surface area contributed by atoms with Crippen LogP contribution in [0.5, 0.6) is 0 Å². The number of rotatable bonds is 8. The first-order valence-corrected chi connectivity index (χ1v) is 10.9. The molecule has 0 bridgehead atoms. The fourth-order valence-electron chi connectivity index (χ4n) is 1.44. The minimum Gasteiger partial charge on any atom is -0.356 e. The lowest BCUT2D eigenvalue weighted by molar-refractivity contribution is -0.0483. The molecule has 0 spiro atoms. The standard InChI is InChI=1S/C14H23BrO2Si/c1-18(2,3)11-10-17-12-16-9-8-13-6-4-5-7-14(13)15/h4-7H,8-12H2,1-3H3. The third kappa shape index (κ3) is 7.31. The largest absolute Gasteiger partial charge is 0.356 e. The summed E-state index contributed by atoms with van der Waals surface area (Å²) in [5.74, 6) is 0. The molecule has 0 N–H and O–H groups in total. The Bertz CT molecular complexity index is 350. The lowest BCUT2D eigenvalue weighted by Crippen LogP contribution is -2.22. The second-order valence-electron chi connectivity index (χ2n) is 5.59. The second kappa shape index (κ2) is 8.10. The van der Waals surface area contributed by atoms with Crippen LogP contribution in [0, 0.1) is 0 Å². The second-order valence-corrected chi connectivity index (χ2v) is 12.1. The van der Waals surface area contributed by atoms with Crippen LogP contribution in [0.4, 0.5) is 0 Å².